The Bertz CT molecular complexity index is 1410. The van der Waals surface area contributed by atoms with Crippen molar-refractivity contribution in [2.45, 2.75) is 89.0 Å². The first-order valence-corrected chi connectivity index (χ1v) is 14.8. The second kappa shape index (κ2) is 11.4. The summed E-state index contributed by atoms with van der Waals surface area (Å²) >= 11 is 0. The van der Waals surface area contributed by atoms with Gasteiger partial charge < -0.3 is 24.1 Å². The third-order valence-corrected chi connectivity index (χ3v) is 9.62. The van der Waals surface area contributed by atoms with Crippen LogP contribution in [0.3, 0.4) is 0 Å². The van der Waals surface area contributed by atoms with Crippen molar-refractivity contribution in [3.63, 3.8) is 0 Å². The molecule has 1 saturated heterocycles. The van der Waals surface area contributed by atoms with E-state index in [1.54, 1.807) is 19.1 Å². The van der Waals surface area contributed by atoms with Crippen LogP contribution in [0.5, 0.6) is 0 Å². The first kappa shape index (κ1) is 30.7. The van der Waals surface area contributed by atoms with Crippen LogP contribution in [-0.4, -0.2) is 58.1 Å². The Kier molecular flexibility index (Phi) is 8.13. The van der Waals surface area contributed by atoms with Crippen LogP contribution in [0.15, 0.2) is 72.8 Å². The fraction of sp³-hybridized carbons (Fsp3) is 0.457. The summed E-state index contributed by atoms with van der Waals surface area (Å²) in [6, 6.07) is 18.8. The van der Waals surface area contributed by atoms with E-state index in [0.717, 1.165) is 11.1 Å². The van der Waals surface area contributed by atoms with Crippen molar-refractivity contribution in [2.24, 2.45) is 11.3 Å². The topological polar surface area (TPSA) is 108 Å². The Hall–Kier alpha value is -3.75. The van der Waals surface area contributed by atoms with Gasteiger partial charge in [-0.1, -0.05) is 60.7 Å². The molecule has 8 heteroatoms. The van der Waals surface area contributed by atoms with E-state index in [2.05, 4.69) is 0 Å². The highest BCUT2D eigenvalue weighted by molar-refractivity contribution is 5.88. The molecular weight excluding hydrogens is 548 g/mol. The van der Waals surface area contributed by atoms with Crippen molar-refractivity contribution >= 4 is 30.1 Å². The van der Waals surface area contributed by atoms with Crippen LogP contribution in [0.1, 0.15) is 65.0 Å². The van der Waals surface area contributed by atoms with Crippen LogP contribution in [0.4, 0.5) is 0 Å². The van der Waals surface area contributed by atoms with E-state index in [4.69, 9.17) is 18.9 Å². The molecule has 0 amide bonds. The molecule has 3 unspecified atom stereocenters. The van der Waals surface area contributed by atoms with Crippen molar-refractivity contribution in [3.05, 3.63) is 83.9 Å². The van der Waals surface area contributed by atoms with Crippen molar-refractivity contribution in [1.29, 1.82) is 0 Å². The lowest BCUT2D eigenvalue weighted by molar-refractivity contribution is -0.329. The van der Waals surface area contributed by atoms with Gasteiger partial charge in [-0.05, 0) is 70.2 Å². The lowest BCUT2D eigenvalue weighted by atomic mass is 9.47. The van der Waals surface area contributed by atoms with Gasteiger partial charge in [0.15, 0.2) is 0 Å². The van der Waals surface area contributed by atoms with Gasteiger partial charge in [-0.25, -0.2) is 9.59 Å². The molecule has 3 aliphatic rings. The number of carbonyl (C=O) groups is 3. The summed E-state index contributed by atoms with van der Waals surface area (Å²) in [5.74, 6) is -2.07. The first-order chi connectivity index (χ1) is 20.3. The lowest BCUT2D eigenvalue weighted by Crippen LogP contribution is -2.79. The Morgan fingerprint density at radius 3 is 1.84 bits per heavy atom. The molecule has 5 rings (SSSR count). The summed E-state index contributed by atoms with van der Waals surface area (Å²) in [4.78, 5) is 38.9. The number of benzene rings is 2. The second-order valence-electron chi connectivity index (χ2n) is 12.7. The van der Waals surface area contributed by atoms with Gasteiger partial charge in [0.25, 0.3) is 0 Å². The summed E-state index contributed by atoms with van der Waals surface area (Å²) < 4.78 is 25.1. The molecule has 2 bridgehead atoms. The molecule has 8 nitrogen and oxygen atoms in total. The van der Waals surface area contributed by atoms with Gasteiger partial charge in [-0.2, -0.15) is 0 Å². The van der Waals surface area contributed by atoms with Gasteiger partial charge in [0, 0.05) is 25.0 Å². The number of aliphatic hydroxyl groups is 1. The average Bonchev–Trinajstić information content (AvgIpc) is 3.14. The van der Waals surface area contributed by atoms with E-state index >= 15 is 0 Å². The molecule has 228 valence electrons. The number of rotatable bonds is 7. The molecule has 2 aliphatic carbocycles. The van der Waals surface area contributed by atoms with Crippen molar-refractivity contribution in [3.8, 4) is 0 Å². The lowest BCUT2D eigenvalue weighted by Gasteiger charge is -2.64. The van der Waals surface area contributed by atoms with E-state index in [9.17, 15) is 19.5 Å². The first-order valence-electron chi connectivity index (χ1n) is 14.8. The van der Waals surface area contributed by atoms with Gasteiger partial charge in [-0.3, -0.25) is 4.79 Å². The second-order valence-corrected chi connectivity index (χ2v) is 12.7. The highest BCUT2D eigenvalue weighted by Crippen LogP contribution is 2.68. The van der Waals surface area contributed by atoms with Crippen LogP contribution >= 0.6 is 0 Å². The smallest absolute Gasteiger partial charge is 0.331 e. The molecule has 1 heterocycles. The zero-order valence-corrected chi connectivity index (χ0v) is 25.3. The van der Waals surface area contributed by atoms with Gasteiger partial charge in [0.2, 0.25) is 0 Å². The van der Waals surface area contributed by atoms with Crippen LogP contribution in [0, 0.1) is 11.3 Å². The summed E-state index contributed by atoms with van der Waals surface area (Å²) in [6.45, 7) is 8.57. The molecule has 1 aliphatic heterocycles. The number of fused-ring (bicyclic) bond motifs is 1. The third-order valence-electron chi connectivity index (χ3n) is 9.62. The largest absolute Gasteiger partial charge is 0.459 e. The SMILES string of the molecule is CC(=O)OC1C2C[C@H](OC(=O)/C=C/c3ccccc3)[C@]3(C)[C@@H](OC(=O)/C=C/c4ccccc4)CC[C@](C)(O)C13OC2(C)C. The maximum absolute atomic E-state index is 13.3. The molecule has 3 fully saturated rings. The van der Waals surface area contributed by atoms with E-state index < -0.39 is 64.4 Å². The van der Waals surface area contributed by atoms with Crippen molar-refractivity contribution in [1.82, 2.24) is 0 Å². The molecule has 1 N–H and O–H groups in total. The normalized spacial score (nSPS) is 34.5. The van der Waals surface area contributed by atoms with Crippen LogP contribution in [-0.2, 0) is 33.3 Å². The van der Waals surface area contributed by atoms with Crippen molar-refractivity contribution in [2.75, 3.05) is 0 Å². The quantitative estimate of drug-likeness (QED) is 0.264. The van der Waals surface area contributed by atoms with Gasteiger partial charge >= 0.3 is 17.9 Å². The predicted molar refractivity (Wildman–Crippen MR) is 160 cm³/mol. The van der Waals surface area contributed by atoms with Gasteiger partial charge in [0.05, 0.1) is 16.6 Å². The maximum atomic E-state index is 13.3. The Morgan fingerprint density at radius 2 is 1.33 bits per heavy atom. The molecule has 2 saturated carbocycles. The van der Waals surface area contributed by atoms with E-state index in [1.807, 2.05) is 81.4 Å². The van der Waals surface area contributed by atoms with Gasteiger partial charge in [0.1, 0.15) is 23.9 Å². The Morgan fingerprint density at radius 1 is 0.814 bits per heavy atom. The van der Waals surface area contributed by atoms with E-state index in [1.165, 1.54) is 19.1 Å². The highest BCUT2D eigenvalue weighted by atomic mass is 16.6. The van der Waals surface area contributed by atoms with Crippen molar-refractivity contribution < 1.29 is 38.4 Å². The Balaban J connectivity index is 1.54. The predicted octanol–water partition coefficient (Wildman–Crippen LogP) is 5.29. The Labute approximate surface area is 252 Å². The molecule has 43 heavy (non-hydrogen) atoms. The molecule has 0 aromatic heterocycles. The monoisotopic (exact) mass is 588 g/mol. The average molecular weight is 589 g/mol. The minimum absolute atomic E-state index is 0.206. The van der Waals surface area contributed by atoms with E-state index in [0.29, 0.717) is 0 Å². The summed E-state index contributed by atoms with van der Waals surface area (Å²) in [5.41, 5.74) is -3.53. The summed E-state index contributed by atoms with van der Waals surface area (Å²) in [5, 5.41) is 12.1. The van der Waals surface area contributed by atoms with Crippen LogP contribution in [0.2, 0.25) is 0 Å². The summed E-state index contributed by atoms with van der Waals surface area (Å²) in [7, 11) is 0. The standard InChI is InChI=1S/C35H40O8/c1-23(36)40-31-26-22-28(42-30(38)19-17-25-14-10-7-11-15-25)34(5)27(41-29(37)18-16-24-12-8-6-9-13-24)20-21-33(4,39)35(31,34)43-32(26,2)3/h6-19,26-28,31,39H,20-22H2,1-5H3/b18-16+,19-17+/t26?,27-,28-,31?,33-,34-,35?/m0/s1. The molecule has 2 aromatic carbocycles. The third kappa shape index (κ3) is 5.43. The fourth-order valence-corrected chi connectivity index (χ4v) is 7.59. The molecule has 2 aromatic rings. The van der Waals surface area contributed by atoms with Crippen LogP contribution in [0.25, 0.3) is 12.2 Å². The fourth-order valence-electron chi connectivity index (χ4n) is 7.59. The molecule has 0 radical (unpaired) electrons. The van der Waals surface area contributed by atoms with Crippen LogP contribution < -0.4 is 0 Å². The summed E-state index contributed by atoms with van der Waals surface area (Å²) in [6.07, 6.45) is 4.30. The highest BCUT2D eigenvalue weighted by Gasteiger charge is 2.82. The minimum Gasteiger partial charge on any atom is -0.459 e. The van der Waals surface area contributed by atoms with Gasteiger partial charge in [-0.15, -0.1) is 0 Å². The van der Waals surface area contributed by atoms with E-state index in [-0.39, 0.29) is 19.3 Å². The number of esters is 3. The molecule has 7 atom stereocenters. The number of hydrogen-bond donors (Lipinski definition) is 1. The minimum atomic E-state index is -1.54. The number of hydrogen-bond acceptors (Lipinski definition) is 8. The zero-order valence-electron chi connectivity index (χ0n) is 25.3. The zero-order chi connectivity index (χ0) is 31.0. The number of ether oxygens (including phenoxy) is 4. The number of carbonyl (C=O) groups excluding carboxylic acids is 3. The molecular formula is C35H40O8. The maximum Gasteiger partial charge on any atom is 0.331 e. The molecule has 1 spiro atoms.